The van der Waals surface area contributed by atoms with E-state index in [-0.39, 0.29) is 19.8 Å². The van der Waals surface area contributed by atoms with Crippen molar-refractivity contribution >= 4 is 36.0 Å². The predicted octanol–water partition coefficient (Wildman–Crippen LogP) is 1.69. The molecule has 7 nitrogen and oxygen atoms in total. The quantitative estimate of drug-likeness (QED) is 0.672. The highest BCUT2D eigenvalue weighted by atomic mass is 32.2. The van der Waals surface area contributed by atoms with E-state index in [2.05, 4.69) is 15.5 Å². The van der Waals surface area contributed by atoms with Crippen LogP contribution in [0.2, 0.25) is 0 Å². The first-order valence-electron chi connectivity index (χ1n) is 9.11. The van der Waals surface area contributed by atoms with Crippen molar-refractivity contribution in [3.05, 3.63) is 36.4 Å². The second-order valence-electron chi connectivity index (χ2n) is 6.61. The number of thiophene rings is 1. The van der Waals surface area contributed by atoms with E-state index in [1.165, 1.54) is 24.3 Å². The summed E-state index contributed by atoms with van der Waals surface area (Å²) in [4.78, 5) is 2.39. The Balaban J connectivity index is 1.71. The number of sulfone groups is 2. The Morgan fingerprint density at radius 1 is 1.00 bits per heavy atom. The Kier molecular flexibility index (Phi) is 6.77. The van der Waals surface area contributed by atoms with Crippen LogP contribution < -0.4 is 10.6 Å². The number of hydrogen-bond donors (Lipinski definition) is 2. The van der Waals surface area contributed by atoms with E-state index >= 15 is 0 Å². The lowest BCUT2D eigenvalue weighted by molar-refractivity contribution is 0.309. The zero-order chi connectivity index (χ0) is 20.2. The summed E-state index contributed by atoms with van der Waals surface area (Å²) < 4.78 is 50.9. The SMILES string of the molecule is CNc1ccc(S(=O)(=O)c2ccc(S(=O)(=O)CCN3CCCNCC3)cc2)s1. The zero-order valence-electron chi connectivity index (χ0n) is 15.7. The van der Waals surface area contributed by atoms with Crippen molar-refractivity contribution in [2.75, 3.05) is 50.8 Å². The van der Waals surface area contributed by atoms with Crippen LogP contribution in [0.3, 0.4) is 0 Å². The van der Waals surface area contributed by atoms with Gasteiger partial charge in [0.2, 0.25) is 9.84 Å². The summed E-state index contributed by atoms with van der Waals surface area (Å²) >= 11 is 1.14. The summed E-state index contributed by atoms with van der Waals surface area (Å²) in [5.41, 5.74) is 0. The summed E-state index contributed by atoms with van der Waals surface area (Å²) in [6, 6.07) is 8.77. The first kappa shape index (κ1) is 21.3. The van der Waals surface area contributed by atoms with Crippen LogP contribution in [-0.4, -0.2) is 67.3 Å². The van der Waals surface area contributed by atoms with Gasteiger partial charge in [0.25, 0.3) is 0 Å². The molecule has 2 aromatic rings. The lowest BCUT2D eigenvalue weighted by Crippen LogP contribution is -2.32. The maximum atomic E-state index is 12.7. The molecule has 2 N–H and O–H groups in total. The molecule has 0 atom stereocenters. The summed E-state index contributed by atoms with van der Waals surface area (Å²) in [6.07, 6.45) is 1.00. The van der Waals surface area contributed by atoms with Gasteiger partial charge in [0.1, 0.15) is 4.21 Å². The predicted molar refractivity (Wildman–Crippen MR) is 112 cm³/mol. The molecular weight excluding hydrogens is 418 g/mol. The van der Waals surface area contributed by atoms with Crippen LogP contribution in [0.15, 0.2) is 50.4 Å². The molecule has 0 spiro atoms. The normalized spacial score (nSPS) is 16.6. The highest BCUT2D eigenvalue weighted by molar-refractivity contribution is 7.93. The molecule has 10 heteroatoms. The van der Waals surface area contributed by atoms with E-state index in [4.69, 9.17) is 0 Å². The number of nitrogens with one attached hydrogen (secondary N) is 2. The van der Waals surface area contributed by atoms with E-state index in [0.717, 1.165) is 48.9 Å². The van der Waals surface area contributed by atoms with Gasteiger partial charge in [-0.15, -0.1) is 11.3 Å². The lowest BCUT2D eigenvalue weighted by Gasteiger charge is -2.19. The van der Waals surface area contributed by atoms with Crippen LogP contribution >= 0.6 is 11.3 Å². The first-order valence-corrected chi connectivity index (χ1v) is 13.1. The second-order valence-corrected chi connectivity index (χ2v) is 12.0. The number of anilines is 1. The fraction of sp³-hybridized carbons (Fsp3) is 0.444. The topological polar surface area (TPSA) is 95.6 Å². The zero-order valence-corrected chi connectivity index (χ0v) is 18.2. The van der Waals surface area contributed by atoms with Crippen molar-refractivity contribution in [1.82, 2.24) is 10.2 Å². The van der Waals surface area contributed by atoms with Gasteiger partial charge in [0, 0.05) is 26.7 Å². The van der Waals surface area contributed by atoms with E-state index in [0.29, 0.717) is 6.54 Å². The van der Waals surface area contributed by atoms with Crippen LogP contribution in [0.25, 0.3) is 0 Å². The highest BCUT2D eigenvalue weighted by Crippen LogP contribution is 2.30. The van der Waals surface area contributed by atoms with E-state index in [9.17, 15) is 16.8 Å². The Morgan fingerprint density at radius 3 is 2.39 bits per heavy atom. The van der Waals surface area contributed by atoms with Crippen molar-refractivity contribution in [2.45, 2.75) is 20.4 Å². The first-order chi connectivity index (χ1) is 13.3. The molecule has 1 saturated heterocycles. The summed E-state index contributed by atoms with van der Waals surface area (Å²) in [5, 5.41) is 6.96. The molecule has 0 unspecified atom stereocenters. The van der Waals surface area contributed by atoms with Crippen molar-refractivity contribution in [1.29, 1.82) is 0 Å². The molecule has 1 aromatic carbocycles. The molecule has 2 heterocycles. The molecule has 154 valence electrons. The monoisotopic (exact) mass is 443 g/mol. The van der Waals surface area contributed by atoms with Crippen LogP contribution in [0.1, 0.15) is 6.42 Å². The third kappa shape index (κ3) is 4.93. The van der Waals surface area contributed by atoms with Gasteiger partial charge >= 0.3 is 0 Å². The standard InChI is InChI=1S/C18H25N3O4S3/c1-19-17-7-8-18(26-17)28(24,25)16-5-3-15(4-6-16)27(22,23)14-13-21-11-2-9-20-10-12-21/h3-8,19-20H,2,9-14H2,1H3. The van der Waals surface area contributed by atoms with Crippen molar-refractivity contribution in [2.24, 2.45) is 0 Å². The molecule has 0 saturated carbocycles. The fourth-order valence-corrected chi connectivity index (χ4v) is 6.88. The van der Waals surface area contributed by atoms with Gasteiger partial charge in [-0.3, -0.25) is 0 Å². The molecule has 1 aliphatic rings. The lowest BCUT2D eigenvalue weighted by atomic mass is 10.4. The minimum absolute atomic E-state index is 0.0234. The Bertz CT molecular complexity index is 991. The van der Waals surface area contributed by atoms with Crippen molar-refractivity contribution in [3.8, 4) is 0 Å². The Morgan fingerprint density at radius 2 is 1.71 bits per heavy atom. The molecule has 0 amide bonds. The van der Waals surface area contributed by atoms with Crippen LogP contribution in [0.4, 0.5) is 5.00 Å². The molecule has 0 radical (unpaired) electrons. The van der Waals surface area contributed by atoms with Crippen LogP contribution in [0, 0.1) is 0 Å². The minimum Gasteiger partial charge on any atom is -0.380 e. The molecular formula is C18H25N3O4S3. The third-order valence-electron chi connectivity index (χ3n) is 4.69. The van der Waals surface area contributed by atoms with Gasteiger partial charge < -0.3 is 15.5 Å². The van der Waals surface area contributed by atoms with Crippen molar-refractivity contribution < 1.29 is 16.8 Å². The molecule has 1 aliphatic heterocycles. The smallest absolute Gasteiger partial charge is 0.216 e. The average molecular weight is 444 g/mol. The van der Waals surface area contributed by atoms with Gasteiger partial charge in [-0.1, -0.05) is 0 Å². The molecule has 3 rings (SSSR count). The summed E-state index contributed by atoms with van der Waals surface area (Å²) in [5.74, 6) is 0.0234. The largest absolute Gasteiger partial charge is 0.380 e. The number of benzene rings is 1. The summed E-state index contributed by atoms with van der Waals surface area (Å²) in [7, 11) is -5.39. The molecule has 1 fully saturated rings. The molecule has 1 aromatic heterocycles. The maximum absolute atomic E-state index is 12.7. The van der Waals surface area contributed by atoms with Crippen molar-refractivity contribution in [3.63, 3.8) is 0 Å². The van der Waals surface area contributed by atoms with Gasteiger partial charge in [0.15, 0.2) is 9.84 Å². The van der Waals surface area contributed by atoms with Crippen LogP contribution in [0.5, 0.6) is 0 Å². The number of rotatable bonds is 7. The van der Waals surface area contributed by atoms with Gasteiger partial charge in [-0.25, -0.2) is 16.8 Å². The molecule has 0 aliphatic carbocycles. The Labute approximate surface area is 170 Å². The van der Waals surface area contributed by atoms with Gasteiger partial charge in [-0.2, -0.15) is 0 Å². The van der Waals surface area contributed by atoms with Gasteiger partial charge in [0.05, 0.1) is 20.5 Å². The maximum Gasteiger partial charge on any atom is 0.216 e. The van der Waals surface area contributed by atoms with Crippen LogP contribution in [-0.2, 0) is 19.7 Å². The van der Waals surface area contributed by atoms with E-state index in [1.54, 1.807) is 19.2 Å². The average Bonchev–Trinajstić information content (AvgIpc) is 3.04. The Hall–Kier alpha value is -1.46. The number of hydrogen-bond acceptors (Lipinski definition) is 8. The summed E-state index contributed by atoms with van der Waals surface area (Å²) in [6.45, 7) is 4.02. The molecule has 0 bridgehead atoms. The van der Waals surface area contributed by atoms with E-state index in [1.807, 2.05) is 0 Å². The fourth-order valence-electron chi connectivity index (χ4n) is 3.03. The van der Waals surface area contributed by atoms with E-state index < -0.39 is 19.7 Å². The minimum atomic E-state index is -3.66. The van der Waals surface area contributed by atoms with Gasteiger partial charge in [-0.05, 0) is 55.9 Å². The highest BCUT2D eigenvalue weighted by Gasteiger charge is 2.22. The second kappa shape index (κ2) is 8.91. The third-order valence-corrected chi connectivity index (χ3v) is 9.77. The molecule has 28 heavy (non-hydrogen) atoms. The number of nitrogens with zero attached hydrogens (tertiary/aromatic N) is 1.